The number of aryl methyl sites for hydroxylation is 1. The Kier molecular flexibility index (Phi) is 4.24. The third-order valence-corrected chi connectivity index (χ3v) is 5.28. The Morgan fingerprint density at radius 3 is 2.71 bits per heavy atom. The Morgan fingerprint density at radius 2 is 2.00 bits per heavy atom. The smallest absolute Gasteiger partial charge is 0.128 e. The molecular weight excluding hydrogens is 302 g/mol. The second-order valence-electron chi connectivity index (χ2n) is 6.87. The van der Waals surface area contributed by atoms with E-state index in [9.17, 15) is 0 Å². The number of pyridine rings is 1. The first-order valence-electron chi connectivity index (χ1n) is 8.73. The fourth-order valence-electron chi connectivity index (χ4n) is 3.75. The van der Waals surface area contributed by atoms with E-state index in [2.05, 4.69) is 43.5 Å². The molecule has 2 aromatic heterocycles. The summed E-state index contributed by atoms with van der Waals surface area (Å²) in [5.41, 5.74) is -0.0199. The molecule has 0 unspecified atom stereocenters. The molecule has 128 valence electrons. The molecular formula is C18H25N5O. The standard InChI is InChI=1S/C18H25N5O/c1-21-11-8-20-17(21)14-22-9-5-18(6-10-22)15-23(12-13-24-18)16-4-2-3-7-19-16/h2-4,7-8,11H,5-6,9-10,12-15H2,1H3. The van der Waals surface area contributed by atoms with Gasteiger partial charge in [-0.1, -0.05) is 6.07 Å². The quantitative estimate of drug-likeness (QED) is 0.858. The van der Waals surface area contributed by atoms with Gasteiger partial charge in [0.15, 0.2) is 0 Å². The van der Waals surface area contributed by atoms with Crippen LogP contribution in [0.4, 0.5) is 5.82 Å². The fraction of sp³-hybridized carbons (Fsp3) is 0.556. The van der Waals surface area contributed by atoms with E-state index in [-0.39, 0.29) is 5.60 Å². The topological polar surface area (TPSA) is 46.4 Å². The van der Waals surface area contributed by atoms with Crippen LogP contribution in [0.3, 0.4) is 0 Å². The van der Waals surface area contributed by atoms with E-state index < -0.39 is 0 Å². The second-order valence-corrected chi connectivity index (χ2v) is 6.87. The minimum Gasteiger partial charge on any atom is -0.371 e. The van der Waals surface area contributed by atoms with Crippen molar-refractivity contribution < 1.29 is 4.74 Å². The number of morpholine rings is 1. The van der Waals surface area contributed by atoms with Gasteiger partial charge in [-0.3, -0.25) is 4.90 Å². The van der Waals surface area contributed by atoms with Gasteiger partial charge in [0, 0.05) is 51.8 Å². The average Bonchev–Trinajstić information content (AvgIpc) is 3.03. The predicted octanol–water partition coefficient (Wildman–Crippen LogP) is 1.69. The minimum absolute atomic E-state index is 0.0199. The van der Waals surface area contributed by atoms with Crippen LogP contribution in [0, 0.1) is 0 Å². The number of hydrogen-bond donors (Lipinski definition) is 0. The van der Waals surface area contributed by atoms with E-state index in [0.717, 1.165) is 63.8 Å². The summed E-state index contributed by atoms with van der Waals surface area (Å²) in [4.78, 5) is 13.8. The van der Waals surface area contributed by atoms with Crippen molar-refractivity contribution in [3.63, 3.8) is 0 Å². The molecule has 6 heteroatoms. The van der Waals surface area contributed by atoms with Gasteiger partial charge in [0.25, 0.3) is 0 Å². The van der Waals surface area contributed by atoms with Crippen molar-refractivity contribution in [2.45, 2.75) is 25.0 Å². The lowest BCUT2D eigenvalue weighted by molar-refractivity contribution is -0.0925. The van der Waals surface area contributed by atoms with E-state index in [0.29, 0.717) is 0 Å². The van der Waals surface area contributed by atoms with Gasteiger partial charge in [0.2, 0.25) is 0 Å². The van der Waals surface area contributed by atoms with Crippen molar-refractivity contribution in [3.05, 3.63) is 42.6 Å². The molecule has 0 aliphatic carbocycles. The van der Waals surface area contributed by atoms with Crippen LogP contribution >= 0.6 is 0 Å². The Morgan fingerprint density at radius 1 is 1.12 bits per heavy atom. The summed E-state index contributed by atoms with van der Waals surface area (Å²) in [5, 5.41) is 0. The third-order valence-electron chi connectivity index (χ3n) is 5.28. The summed E-state index contributed by atoms with van der Waals surface area (Å²) in [6.45, 7) is 5.70. The van der Waals surface area contributed by atoms with Gasteiger partial charge in [0.05, 0.1) is 18.8 Å². The Labute approximate surface area is 143 Å². The summed E-state index contributed by atoms with van der Waals surface area (Å²) < 4.78 is 8.35. The maximum Gasteiger partial charge on any atom is 0.128 e. The number of aromatic nitrogens is 3. The molecule has 24 heavy (non-hydrogen) atoms. The molecule has 2 aromatic rings. The molecule has 6 nitrogen and oxygen atoms in total. The van der Waals surface area contributed by atoms with Gasteiger partial charge in [-0.25, -0.2) is 9.97 Å². The average molecular weight is 327 g/mol. The summed E-state index contributed by atoms with van der Waals surface area (Å²) >= 11 is 0. The van der Waals surface area contributed by atoms with Gasteiger partial charge in [-0.05, 0) is 25.0 Å². The molecule has 2 aliphatic rings. The Bertz CT molecular complexity index is 663. The highest BCUT2D eigenvalue weighted by Crippen LogP contribution is 2.32. The molecule has 0 radical (unpaired) electrons. The van der Waals surface area contributed by atoms with Crippen LogP contribution in [-0.2, 0) is 18.3 Å². The van der Waals surface area contributed by atoms with Gasteiger partial charge >= 0.3 is 0 Å². The highest BCUT2D eigenvalue weighted by molar-refractivity contribution is 5.39. The molecule has 1 spiro atoms. The molecule has 2 fully saturated rings. The summed E-state index contributed by atoms with van der Waals surface area (Å²) in [6.07, 6.45) is 7.89. The van der Waals surface area contributed by atoms with Crippen molar-refractivity contribution >= 4 is 5.82 Å². The molecule has 2 aliphatic heterocycles. The number of hydrogen-bond acceptors (Lipinski definition) is 5. The minimum atomic E-state index is -0.0199. The van der Waals surface area contributed by atoms with E-state index in [1.807, 2.05) is 24.7 Å². The number of rotatable bonds is 3. The molecule has 0 aromatic carbocycles. The lowest BCUT2D eigenvalue weighted by Crippen LogP contribution is -2.57. The molecule has 4 rings (SSSR count). The largest absolute Gasteiger partial charge is 0.371 e. The first kappa shape index (κ1) is 15.6. The van der Waals surface area contributed by atoms with Crippen LogP contribution in [-0.4, -0.2) is 57.8 Å². The molecule has 0 bridgehead atoms. The summed E-state index contributed by atoms with van der Waals surface area (Å²) in [6, 6.07) is 6.12. The van der Waals surface area contributed by atoms with Gasteiger partial charge in [-0.15, -0.1) is 0 Å². The zero-order chi connectivity index (χ0) is 16.4. The lowest BCUT2D eigenvalue weighted by Gasteiger charge is -2.47. The fourth-order valence-corrected chi connectivity index (χ4v) is 3.75. The molecule has 0 amide bonds. The van der Waals surface area contributed by atoms with Gasteiger partial charge in [-0.2, -0.15) is 0 Å². The van der Waals surface area contributed by atoms with Crippen LogP contribution in [0.5, 0.6) is 0 Å². The van der Waals surface area contributed by atoms with Gasteiger partial charge < -0.3 is 14.2 Å². The molecule has 0 atom stereocenters. The van der Waals surface area contributed by atoms with Crippen molar-refractivity contribution in [2.24, 2.45) is 7.05 Å². The van der Waals surface area contributed by atoms with Crippen LogP contribution in [0.1, 0.15) is 18.7 Å². The van der Waals surface area contributed by atoms with Crippen LogP contribution in [0.15, 0.2) is 36.8 Å². The van der Waals surface area contributed by atoms with Crippen LogP contribution in [0.25, 0.3) is 0 Å². The van der Waals surface area contributed by atoms with Gasteiger partial charge in [0.1, 0.15) is 11.6 Å². The number of anilines is 1. The number of nitrogens with zero attached hydrogens (tertiary/aromatic N) is 5. The van der Waals surface area contributed by atoms with Crippen molar-refractivity contribution in [1.29, 1.82) is 0 Å². The zero-order valence-electron chi connectivity index (χ0n) is 14.3. The van der Waals surface area contributed by atoms with Crippen molar-refractivity contribution in [3.8, 4) is 0 Å². The summed E-state index contributed by atoms with van der Waals surface area (Å²) in [5.74, 6) is 2.20. The van der Waals surface area contributed by atoms with Crippen molar-refractivity contribution in [2.75, 3.05) is 37.7 Å². The number of likely N-dealkylation sites (tertiary alicyclic amines) is 1. The first-order valence-corrected chi connectivity index (χ1v) is 8.73. The third kappa shape index (κ3) is 3.16. The lowest BCUT2D eigenvalue weighted by atomic mass is 9.89. The Hall–Kier alpha value is -1.92. The zero-order valence-corrected chi connectivity index (χ0v) is 14.3. The first-order chi connectivity index (χ1) is 11.7. The monoisotopic (exact) mass is 327 g/mol. The molecule has 0 N–H and O–H groups in total. The normalized spacial score (nSPS) is 21.3. The number of piperidine rings is 1. The SMILES string of the molecule is Cn1ccnc1CN1CCC2(CC1)CN(c1ccccn1)CCO2. The highest BCUT2D eigenvalue weighted by atomic mass is 16.5. The predicted molar refractivity (Wildman–Crippen MR) is 92.9 cm³/mol. The van der Waals surface area contributed by atoms with Crippen molar-refractivity contribution in [1.82, 2.24) is 19.4 Å². The van der Waals surface area contributed by atoms with E-state index in [1.165, 1.54) is 0 Å². The maximum absolute atomic E-state index is 6.25. The Balaban J connectivity index is 1.38. The van der Waals surface area contributed by atoms with Crippen LogP contribution in [0.2, 0.25) is 0 Å². The molecule has 4 heterocycles. The van der Waals surface area contributed by atoms with E-state index in [1.54, 1.807) is 0 Å². The highest BCUT2D eigenvalue weighted by Gasteiger charge is 2.40. The van der Waals surface area contributed by atoms with E-state index >= 15 is 0 Å². The number of ether oxygens (including phenoxy) is 1. The second kappa shape index (κ2) is 6.53. The number of imidazole rings is 1. The molecule has 0 saturated carbocycles. The summed E-state index contributed by atoms with van der Waals surface area (Å²) in [7, 11) is 2.06. The molecule has 2 saturated heterocycles. The van der Waals surface area contributed by atoms with E-state index in [4.69, 9.17) is 4.74 Å². The van der Waals surface area contributed by atoms with Crippen LogP contribution < -0.4 is 4.90 Å². The maximum atomic E-state index is 6.25.